The number of aryl methyl sites for hydroxylation is 1. The van der Waals surface area contributed by atoms with Gasteiger partial charge in [-0.1, -0.05) is 18.2 Å². The van der Waals surface area contributed by atoms with E-state index in [2.05, 4.69) is 41.9 Å². The van der Waals surface area contributed by atoms with E-state index in [0.29, 0.717) is 0 Å². The lowest BCUT2D eigenvalue weighted by Crippen LogP contribution is -2.19. The summed E-state index contributed by atoms with van der Waals surface area (Å²) in [7, 11) is 0. The zero-order valence-corrected chi connectivity index (χ0v) is 11.7. The van der Waals surface area contributed by atoms with Crippen LogP contribution < -0.4 is 4.90 Å². The van der Waals surface area contributed by atoms with Crippen LogP contribution in [0.4, 0.5) is 11.5 Å². The fourth-order valence-corrected chi connectivity index (χ4v) is 2.21. The summed E-state index contributed by atoms with van der Waals surface area (Å²) in [6.45, 7) is 6.74. The Morgan fingerprint density at radius 3 is 2.68 bits per heavy atom. The first-order valence-corrected chi connectivity index (χ1v) is 6.60. The van der Waals surface area contributed by atoms with Crippen LogP contribution in [0.1, 0.15) is 31.1 Å². The summed E-state index contributed by atoms with van der Waals surface area (Å²) >= 11 is 0. The van der Waals surface area contributed by atoms with E-state index in [9.17, 15) is 5.11 Å². The molecule has 1 atom stereocenters. The van der Waals surface area contributed by atoms with E-state index in [-0.39, 0.29) is 0 Å². The van der Waals surface area contributed by atoms with E-state index in [1.54, 1.807) is 13.1 Å². The van der Waals surface area contributed by atoms with Crippen LogP contribution in [0, 0.1) is 6.92 Å². The number of aliphatic hydroxyl groups is 1. The number of hydrogen-bond acceptors (Lipinski definition) is 3. The zero-order chi connectivity index (χ0) is 13.8. The molecule has 0 aliphatic carbocycles. The highest BCUT2D eigenvalue weighted by Crippen LogP contribution is 2.30. The highest BCUT2D eigenvalue weighted by atomic mass is 16.3. The van der Waals surface area contributed by atoms with Gasteiger partial charge in [0.1, 0.15) is 5.82 Å². The molecule has 0 saturated carbocycles. The van der Waals surface area contributed by atoms with Crippen LogP contribution in [0.3, 0.4) is 0 Å². The number of aromatic nitrogens is 1. The Bertz CT molecular complexity index is 552. The second-order valence-corrected chi connectivity index (χ2v) is 4.68. The number of hydrogen-bond donors (Lipinski definition) is 1. The molecule has 1 N–H and O–H groups in total. The summed E-state index contributed by atoms with van der Waals surface area (Å²) in [5, 5.41) is 9.88. The predicted octanol–water partition coefficient (Wildman–Crippen LogP) is 3.60. The van der Waals surface area contributed by atoms with Gasteiger partial charge in [-0.25, -0.2) is 4.98 Å². The first-order valence-electron chi connectivity index (χ1n) is 6.60. The molecule has 0 bridgehead atoms. The van der Waals surface area contributed by atoms with Crippen LogP contribution in [-0.4, -0.2) is 16.6 Å². The zero-order valence-electron chi connectivity index (χ0n) is 11.7. The Balaban J connectivity index is 2.48. The van der Waals surface area contributed by atoms with Crippen molar-refractivity contribution in [2.45, 2.75) is 26.9 Å². The third kappa shape index (κ3) is 2.93. The summed E-state index contributed by atoms with van der Waals surface area (Å²) in [5.74, 6) is 0.825. The van der Waals surface area contributed by atoms with Crippen LogP contribution in [0.2, 0.25) is 0 Å². The topological polar surface area (TPSA) is 36.4 Å². The molecule has 0 radical (unpaired) electrons. The van der Waals surface area contributed by atoms with Crippen molar-refractivity contribution in [2.24, 2.45) is 0 Å². The summed E-state index contributed by atoms with van der Waals surface area (Å²) in [5.41, 5.74) is 3.17. The van der Waals surface area contributed by atoms with Gasteiger partial charge in [0.2, 0.25) is 0 Å². The molecule has 0 fully saturated rings. The molecule has 3 heteroatoms. The second-order valence-electron chi connectivity index (χ2n) is 4.68. The van der Waals surface area contributed by atoms with Crippen molar-refractivity contribution < 1.29 is 5.11 Å². The van der Waals surface area contributed by atoms with Gasteiger partial charge in [0.25, 0.3) is 0 Å². The normalized spacial score (nSPS) is 12.2. The average Bonchev–Trinajstić information content (AvgIpc) is 2.40. The Hall–Kier alpha value is -1.87. The van der Waals surface area contributed by atoms with Crippen molar-refractivity contribution in [3.63, 3.8) is 0 Å². The molecule has 0 unspecified atom stereocenters. The molecule has 1 aromatic carbocycles. The number of anilines is 2. The van der Waals surface area contributed by atoms with Crippen LogP contribution in [0.5, 0.6) is 0 Å². The van der Waals surface area contributed by atoms with Crippen molar-refractivity contribution in [3.8, 4) is 0 Å². The van der Waals surface area contributed by atoms with Gasteiger partial charge in [0.15, 0.2) is 0 Å². The van der Waals surface area contributed by atoms with E-state index in [1.165, 1.54) is 5.56 Å². The molecule has 0 spiro atoms. The Kier molecular flexibility index (Phi) is 4.17. The quantitative estimate of drug-likeness (QED) is 0.908. The molecule has 2 aromatic rings. The standard InChI is InChI=1S/C16H20N2O/c1-4-18(14-8-5-7-12(2)11-14)16-15(13(3)19)9-6-10-17-16/h5-11,13,19H,4H2,1-3H3/t13-/m1/s1. The van der Waals surface area contributed by atoms with Gasteiger partial charge < -0.3 is 10.0 Å². The lowest BCUT2D eigenvalue weighted by atomic mass is 10.1. The molecule has 0 aliphatic heterocycles. The lowest BCUT2D eigenvalue weighted by Gasteiger charge is -2.25. The minimum absolute atomic E-state index is 0.525. The molecular weight excluding hydrogens is 236 g/mol. The fraction of sp³-hybridized carbons (Fsp3) is 0.312. The minimum atomic E-state index is -0.525. The van der Waals surface area contributed by atoms with Gasteiger partial charge in [-0.3, -0.25) is 0 Å². The summed E-state index contributed by atoms with van der Waals surface area (Å²) in [6.07, 6.45) is 1.24. The summed E-state index contributed by atoms with van der Waals surface area (Å²) < 4.78 is 0. The van der Waals surface area contributed by atoms with Gasteiger partial charge in [0, 0.05) is 24.0 Å². The number of benzene rings is 1. The number of nitrogens with zero attached hydrogens (tertiary/aromatic N) is 2. The van der Waals surface area contributed by atoms with Gasteiger partial charge in [0.05, 0.1) is 6.10 Å². The van der Waals surface area contributed by atoms with Crippen molar-refractivity contribution >= 4 is 11.5 Å². The molecule has 0 saturated heterocycles. The number of aliphatic hydroxyl groups excluding tert-OH is 1. The van der Waals surface area contributed by atoms with Crippen LogP contribution in [-0.2, 0) is 0 Å². The third-order valence-corrected chi connectivity index (χ3v) is 3.15. The Morgan fingerprint density at radius 2 is 2.05 bits per heavy atom. The maximum absolute atomic E-state index is 9.88. The van der Waals surface area contributed by atoms with Crippen molar-refractivity contribution in [3.05, 3.63) is 53.7 Å². The smallest absolute Gasteiger partial charge is 0.138 e. The van der Waals surface area contributed by atoms with Gasteiger partial charge in [-0.05, 0) is 44.5 Å². The maximum Gasteiger partial charge on any atom is 0.138 e. The Morgan fingerprint density at radius 1 is 1.26 bits per heavy atom. The van der Waals surface area contributed by atoms with E-state index < -0.39 is 6.10 Å². The van der Waals surface area contributed by atoms with Crippen LogP contribution in [0.25, 0.3) is 0 Å². The molecular formula is C16H20N2O. The number of rotatable bonds is 4. The van der Waals surface area contributed by atoms with E-state index >= 15 is 0 Å². The first-order chi connectivity index (χ1) is 9.13. The monoisotopic (exact) mass is 256 g/mol. The SMILES string of the molecule is CCN(c1cccc(C)c1)c1ncccc1[C@@H](C)O. The maximum atomic E-state index is 9.88. The van der Waals surface area contributed by atoms with Crippen molar-refractivity contribution in [2.75, 3.05) is 11.4 Å². The first kappa shape index (κ1) is 13.6. The molecule has 1 aromatic heterocycles. The average molecular weight is 256 g/mol. The van der Waals surface area contributed by atoms with Crippen LogP contribution in [0.15, 0.2) is 42.6 Å². The molecule has 3 nitrogen and oxygen atoms in total. The summed E-state index contributed by atoms with van der Waals surface area (Å²) in [6, 6.07) is 12.1. The second kappa shape index (κ2) is 5.85. The van der Waals surface area contributed by atoms with Gasteiger partial charge in [-0.15, -0.1) is 0 Å². The predicted molar refractivity (Wildman–Crippen MR) is 78.7 cm³/mol. The highest BCUT2D eigenvalue weighted by molar-refractivity contribution is 5.63. The highest BCUT2D eigenvalue weighted by Gasteiger charge is 2.15. The molecule has 0 aliphatic rings. The fourth-order valence-electron chi connectivity index (χ4n) is 2.21. The molecule has 1 heterocycles. The van der Waals surface area contributed by atoms with Gasteiger partial charge >= 0.3 is 0 Å². The lowest BCUT2D eigenvalue weighted by molar-refractivity contribution is 0.199. The summed E-state index contributed by atoms with van der Waals surface area (Å²) in [4.78, 5) is 6.56. The minimum Gasteiger partial charge on any atom is -0.389 e. The Labute approximate surface area is 114 Å². The third-order valence-electron chi connectivity index (χ3n) is 3.15. The van der Waals surface area contributed by atoms with Crippen molar-refractivity contribution in [1.29, 1.82) is 0 Å². The molecule has 19 heavy (non-hydrogen) atoms. The molecule has 0 amide bonds. The van der Waals surface area contributed by atoms with E-state index in [4.69, 9.17) is 0 Å². The van der Waals surface area contributed by atoms with Crippen LogP contribution >= 0.6 is 0 Å². The van der Waals surface area contributed by atoms with Crippen molar-refractivity contribution in [1.82, 2.24) is 4.98 Å². The molecule has 100 valence electrons. The largest absolute Gasteiger partial charge is 0.389 e. The molecule has 2 rings (SSSR count). The van der Waals surface area contributed by atoms with E-state index in [1.807, 2.05) is 18.2 Å². The van der Waals surface area contributed by atoms with Gasteiger partial charge in [-0.2, -0.15) is 0 Å². The van der Waals surface area contributed by atoms with E-state index in [0.717, 1.165) is 23.6 Å². The number of pyridine rings is 1.